The fourth-order valence-corrected chi connectivity index (χ4v) is 3.28. The number of carbonyl (C=O) groups is 2. The summed E-state index contributed by atoms with van der Waals surface area (Å²) in [6.07, 6.45) is 0.453. The highest BCUT2D eigenvalue weighted by Crippen LogP contribution is 2.25. The Morgan fingerprint density at radius 1 is 1.24 bits per heavy atom. The van der Waals surface area contributed by atoms with Gasteiger partial charge in [0.25, 0.3) is 5.91 Å². The molecule has 0 atom stereocenters. The van der Waals surface area contributed by atoms with Crippen LogP contribution in [0.15, 0.2) is 30.3 Å². The van der Waals surface area contributed by atoms with Crippen LogP contribution < -0.4 is 10.1 Å². The lowest BCUT2D eigenvalue weighted by atomic mass is 10.1. The molecule has 0 fully saturated rings. The molecule has 152 valence electrons. The van der Waals surface area contributed by atoms with Crippen LogP contribution in [0, 0.1) is 19.7 Å². The molecule has 0 aliphatic heterocycles. The molecule has 7 nitrogen and oxygen atoms in total. The number of hydrogen-bond acceptors (Lipinski definition) is 4. The Kier molecular flexibility index (Phi) is 5.81. The summed E-state index contributed by atoms with van der Waals surface area (Å²) in [6.45, 7) is 3.42. The van der Waals surface area contributed by atoms with Crippen LogP contribution in [0.25, 0.3) is 11.0 Å². The van der Waals surface area contributed by atoms with Crippen molar-refractivity contribution in [3.63, 3.8) is 0 Å². The summed E-state index contributed by atoms with van der Waals surface area (Å²) >= 11 is 0. The van der Waals surface area contributed by atoms with Crippen LogP contribution >= 0.6 is 0 Å². The number of carboxylic acids is 1. The molecule has 2 aromatic carbocycles. The molecule has 0 aliphatic rings. The van der Waals surface area contributed by atoms with Crippen LogP contribution in [-0.4, -0.2) is 39.7 Å². The number of hydrogen-bond donors (Lipinski definition) is 2. The maximum Gasteiger partial charge on any atom is 0.341 e. The van der Waals surface area contributed by atoms with Gasteiger partial charge in [-0.15, -0.1) is 0 Å². The van der Waals surface area contributed by atoms with Gasteiger partial charge < -0.3 is 19.7 Å². The second-order valence-electron chi connectivity index (χ2n) is 6.82. The lowest BCUT2D eigenvalue weighted by molar-refractivity contribution is -0.139. The van der Waals surface area contributed by atoms with Gasteiger partial charge in [0.1, 0.15) is 17.1 Å². The van der Waals surface area contributed by atoms with Crippen molar-refractivity contribution >= 4 is 22.9 Å². The van der Waals surface area contributed by atoms with Crippen LogP contribution in [0.4, 0.5) is 4.39 Å². The molecule has 0 radical (unpaired) electrons. The Morgan fingerprint density at radius 3 is 2.55 bits per heavy atom. The molecule has 0 aliphatic carbocycles. The van der Waals surface area contributed by atoms with Crippen LogP contribution in [0.3, 0.4) is 0 Å². The average molecular weight is 399 g/mol. The van der Waals surface area contributed by atoms with E-state index in [0.717, 1.165) is 0 Å². The molecular formula is C21H22FN3O4. The monoisotopic (exact) mass is 399 g/mol. The molecule has 29 heavy (non-hydrogen) atoms. The highest BCUT2D eigenvalue weighted by Gasteiger charge is 2.14. The molecule has 0 saturated carbocycles. The largest absolute Gasteiger partial charge is 0.481 e. The zero-order valence-electron chi connectivity index (χ0n) is 16.5. The zero-order valence-corrected chi connectivity index (χ0v) is 16.5. The molecule has 2 N–H and O–H groups in total. The smallest absolute Gasteiger partial charge is 0.341 e. The van der Waals surface area contributed by atoms with E-state index in [2.05, 4.69) is 10.3 Å². The predicted molar refractivity (Wildman–Crippen MR) is 106 cm³/mol. The average Bonchev–Trinajstić information content (AvgIpc) is 2.98. The first-order valence-electron chi connectivity index (χ1n) is 9.11. The highest BCUT2D eigenvalue weighted by atomic mass is 19.1. The van der Waals surface area contributed by atoms with Crippen LogP contribution in [0.2, 0.25) is 0 Å². The number of carboxylic acid groups (broad SMARTS) is 1. The van der Waals surface area contributed by atoms with Crippen molar-refractivity contribution < 1.29 is 23.8 Å². The third kappa shape index (κ3) is 4.37. The quantitative estimate of drug-likeness (QED) is 0.637. The van der Waals surface area contributed by atoms with E-state index in [1.54, 1.807) is 38.1 Å². The molecule has 0 unspecified atom stereocenters. The second kappa shape index (κ2) is 8.30. The molecule has 0 bridgehead atoms. The zero-order chi connectivity index (χ0) is 21.1. The van der Waals surface area contributed by atoms with Gasteiger partial charge in [-0.05, 0) is 49.2 Å². The molecule has 8 heteroatoms. The Bertz CT molecular complexity index is 1070. The fourth-order valence-electron chi connectivity index (χ4n) is 3.28. The van der Waals surface area contributed by atoms with E-state index in [9.17, 15) is 14.0 Å². The Labute approximate surface area is 167 Å². The number of ether oxygens (including phenoxy) is 1. The number of nitrogens with one attached hydrogen (secondary N) is 1. The number of nitrogens with zero attached hydrogens (tertiary/aromatic N) is 2. The number of amides is 1. The minimum Gasteiger partial charge on any atom is -0.481 e. The Hall–Kier alpha value is -3.42. The van der Waals surface area contributed by atoms with Gasteiger partial charge in [-0.3, -0.25) is 4.79 Å². The first-order valence-corrected chi connectivity index (χ1v) is 9.11. The van der Waals surface area contributed by atoms with E-state index in [1.165, 1.54) is 6.07 Å². The van der Waals surface area contributed by atoms with Gasteiger partial charge in [0.2, 0.25) is 0 Å². The normalized spacial score (nSPS) is 10.9. The molecule has 0 saturated heterocycles. The van der Waals surface area contributed by atoms with Crippen molar-refractivity contribution in [2.45, 2.75) is 20.3 Å². The van der Waals surface area contributed by atoms with Crippen LogP contribution in [-0.2, 0) is 18.3 Å². The van der Waals surface area contributed by atoms with Crippen molar-refractivity contribution in [2.75, 3.05) is 13.2 Å². The lowest BCUT2D eigenvalue weighted by Crippen LogP contribution is -2.26. The van der Waals surface area contributed by atoms with Crippen LogP contribution in [0.1, 0.15) is 27.3 Å². The number of rotatable bonds is 7. The van der Waals surface area contributed by atoms with Crippen molar-refractivity contribution in [1.29, 1.82) is 0 Å². The molecule has 3 aromatic rings. The number of aryl methyl sites for hydroxylation is 3. The standard InChI is InChI=1S/C21H22FN3O4/c1-12-9-14(10-13(2)20(12)29-11-18(26)27)21(28)23-8-7-17-24-19-15(22)5-4-6-16(19)25(17)3/h4-6,9-10H,7-8,11H2,1-3H3,(H,23,28)(H,26,27). The van der Waals surface area contributed by atoms with Crippen LogP contribution in [0.5, 0.6) is 5.75 Å². The van der Waals surface area contributed by atoms with Crippen molar-refractivity contribution in [3.05, 3.63) is 58.7 Å². The lowest BCUT2D eigenvalue weighted by Gasteiger charge is -2.13. The van der Waals surface area contributed by atoms with E-state index in [-0.39, 0.29) is 11.7 Å². The highest BCUT2D eigenvalue weighted by molar-refractivity contribution is 5.95. The summed E-state index contributed by atoms with van der Waals surface area (Å²) in [4.78, 5) is 27.5. The van der Waals surface area contributed by atoms with Gasteiger partial charge >= 0.3 is 5.97 Å². The molecule has 1 heterocycles. The van der Waals surface area contributed by atoms with E-state index in [1.807, 2.05) is 11.6 Å². The summed E-state index contributed by atoms with van der Waals surface area (Å²) in [5, 5.41) is 11.6. The maximum atomic E-state index is 13.9. The number of aliphatic carboxylic acids is 1. The fraction of sp³-hybridized carbons (Fsp3) is 0.286. The first-order chi connectivity index (χ1) is 13.8. The molecule has 0 spiro atoms. The van der Waals surface area contributed by atoms with E-state index in [4.69, 9.17) is 9.84 Å². The summed E-state index contributed by atoms with van der Waals surface area (Å²) in [5.41, 5.74) is 2.84. The number of carbonyl (C=O) groups excluding carboxylic acids is 1. The van der Waals surface area contributed by atoms with Crippen molar-refractivity contribution in [1.82, 2.24) is 14.9 Å². The maximum absolute atomic E-state index is 13.9. The predicted octanol–water partition coefficient (Wildman–Crippen LogP) is 2.77. The summed E-state index contributed by atoms with van der Waals surface area (Å²) in [5.74, 6) is -0.552. The van der Waals surface area contributed by atoms with Crippen molar-refractivity contribution in [3.8, 4) is 5.75 Å². The number of benzene rings is 2. The Balaban J connectivity index is 1.66. The molecule has 1 amide bonds. The first kappa shape index (κ1) is 20.3. The molecule has 1 aromatic heterocycles. The van der Waals surface area contributed by atoms with Gasteiger partial charge in [-0.2, -0.15) is 0 Å². The number of aromatic nitrogens is 2. The van der Waals surface area contributed by atoms with Gasteiger partial charge in [0.15, 0.2) is 12.4 Å². The SMILES string of the molecule is Cc1cc(C(=O)NCCc2nc3c(F)cccc3n2C)cc(C)c1OCC(=O)O. The summed E-state index contributed by atoms with van der Waals surface area (Å²) < 4.78 is 21.0. The minimum absolute atomic E-state index is 0.258. The van der Waals surface area contributed by atoms with E-state index in [0.29, 0.717) is 52.3 Å². The third-order valence-electron chi connectivity index (χ3n) is 4.65. The van der Waals surface area contributed by atoms with Gasteiger partial charge in [0, 0.05) is 25.6 Å². The number of fused-ring (bicyclic) bond motifs is 1. The van der Waals surface area contributed by atoms with E-state index < -0.39 is 12.6 Å². The number of halogens is 1. The minimum atomic E-state index is -1.06. The number of imidazole rings is 1. The topological polar surface area (TPSA) is 93.5 Å². The van der Waals surface area contributed by atoms with E-state index >= 15 is 0 Å². The summed E-state index contributed by atoms with van der Waals surface area (Å²) in [7, 11) is 1.81. The Morgan fingerprint density at radius 2 is 1.93 bits per heavy atom. The van der Waals surface area contributed by atoms with Gasteiger partial charge in [-0.25, -0.2) is 14.2 Å². The van der Waals surface area contributed by atoms with Crippen molar-refractivity contribution in [2.24, 2.45) is 7.05 Å². The second-order valence-corrected chi connectivity index (χ2v) is 6.82. The van der Waals surface area contributed by atoms with Gasteiger partial charge in [-0.1, -0.05) is 6.07 Å². The molecular weight excluding hydrogens is 377 g/mol. The van der Waals surface area contributed by atoms with Gasteiger partial charge in [0.05, 0.1) is 5.52 Å². The molecule has 3 rings (SSSR count). The number of para-hydroxylation sites is 1. The summed E-state index contributed by atoms with van der Waals surface area (Å²) in [6, 6.07) is 8.12. The third-order valence-corrected chi connectivity index (χ3v) is 4.65.